The van der Waals surface area contributed by atoms with Crippen molar-refractivity contribution >= 4 is 5.69 Å². The van der Waals surface area contributed by atoms with Crippen molar-refractivity contribution in [3.05, 3.63) is 41.5 Å². The molecule has 4 rings (SSSR count). The van der Waals surface area contributed by atoms with Gasteiger partial charge in [-0.3, -0.25) is 0 Å². The predicted molar refractivity (Wildman–Crippen MR) is 77.6 cm³/mol. The number of nitrogens with zero attached hydrogens (tertiary/aromatic N) is 2. The van der Waals surface area contributed by atoms with Crippen molar-refractivity contribution < 1.29 is 9.26 Å². The molecule has 5 heteroatoms. The summed E-state index contributed by atoms with van der Waals surface area (Å²) in [5.41, 5.74) is 7.63. The number of hydrogen-bond acceptors (Lipinski definition) is 5. The predicted octanol–water partition coefficient (Wildman–Crippen LogP) is 2.83. The maximum Gasteiger partial charge on any atom is 0.237 e. The van der Waals surface area contributed by atoms with Crippen LogP contribution < -0.4 is 5.73 Å². The van der Waals surface area contributed by atoms with Crippen LogP contribution in [0.15, 0.2) is 28.8 Å². The summed E-state index contributed by atoms with van der Waals surface area (Å²) in [4.78, 5) is 4.64. The van der Waals surface area contributed by atoms with Crippen LogP contribution in [0.4, 0.5) is 5.69 Å². The minimum absolute atomic E-state index is 0.0234. The fraction of sp³-hybridized carbons (Fsp3) is 0.500. The first-order valence-electron chi connectivity index (χ1n) is 7.46. The number of ether oxygens (including phenoxy) is 1. The lowest BCUT2D eigenvalue weighted by Crippen LogP contribution is -2.11. The lowest BCUT2D eigenvalue weighted by molar-refractivity contribution is 0.0751. The molecule has 1 unspecified atom stereocenters. The van der Waals surface area contributed by atoms with E-state index in [-0.39, 0.29) is 11.5 Å². The van der Waals surface area contributed by atoms with E-state index in [4.69, 9.17) is 15.0 Å². The van der Waals surface area contributed by atoms with E-state index >= 15 is 0 Å². The van der Waals surface area contributed by atoms with Gasteiger partial charge >= 0.3 is 0 Å². The number of benzene rings is 1. The van der Waals surface area contributed by atoms with Gasteiger partial charge in [0.05, 0.1) is 5.41 Å². The highest BCUT2D eigenvalue weighted by molar-refractivity contribution is 5.46. The molecule has 1 aromatic carbocycles. The van der Waals surface area contributed by atoms with E-state index in [1.165, 1.54) is 18.4 Å². The van der Waals surface area contributed by atoms with Crippen LogP contribution in [-0.4, -0.2) is 17.3 Å². The average Bonchev–Trinajstić information content (AvgIpc) is 3.41. The highest BCUT2D eigenvalue weighted by atomic mass is 16.5. The van der Waals surface area contributed by atoms with Crippen LogP contribution in [0.5, 0.6) is 0 Å². The van der Waals surface area contributed by atoms with Gasteiger partial charge in [-0.25, -0.2) is 0 Å². The van der Waals surface area contributed by atoms with Crippen molar-refractivity contribution in [3.63, 3.8) is 0 Å². The van der Waals surface area contributed by atoms with Crippen molar-refractivity contribution in [2.75, 3.05) is 12.8 Å². The largest absolute Gasteiger partial charge is 0.399 e. The molecule has 21 heavy (non-hydrogen) atoms. The molecule has 5 nitrogen and oxygen atoms in total. The van der Waals surface area contributed by atoms with Crippen LogP contribution in [0, 0.1) is 5.92 Å². The molecule has 1 aromatic heterocycles. The van der Waals surface area contributed by atoms with Crippen LogP contribution in [0.2, 0.25) is 0 Å². The number of aromatic nitrogens is 2. The van der Waals surface area contributed by atoms with E-state index in [9.17, 15) is 0 Å². The Bertz CT molecular complexity index is 642. The number of methoxy groups -OCH3 is 1. The van der Waals surface area contributed by atoms with Gasteiger partial charge in [0.1, 0.15) is 6.10 Å². The fourth-order valence-corrected chi connectivity index (χ4v) is 3.01. The van der Waals surface area contributed by atoms with Gasteiger partial charge in [-0.15, -0.1) is 0 Å². The molecule has 0 amide bonds. The Balaban J connectivity index is 1.64. The summed E-state index contributed by atoms with van der Waals surface area (Å²) in [5, 5.41) is 4.16. The van der Waals surface area contributed by atoms with Crippen LogP contribution in [0.25, 0.3) is 0 Å². The highest BCUT2D eigenvalue weighted by Gasteiger charge is 2.51. The second-order valence-electron chi connectivity index (χ2n) is 6.16. The molecule has 2 N–H and O–H groups in total. The normalized spacial score (nSPS) is 21.2. The Morgan fingerprint density at radius 2 is 2.00 bits per heavy atom. The quantitative estimate of drug-likeness (QED) is 0.855. The summed E-state index contributed by atoms with van der Waals surface area (Å²) >= 11 is 0. The van der Waals surface area contributed by atoms with E-state index in [1.54, 1.807) is 7.11 Å². The second kappa shape index (κ2) is 4.56. The first kappa shape index (κ1) is 12.8. The Hall–Kier alpha value is -1.88. The smallest absolute Gasteiger partial charge is 0.237 e. The molecule has 1 heterocycles. The van der Waals surface area contributed by atoms with Crippen molar-refractivity contribution in [2.24, 2.45) is 5.92 Å². The zero-order valence-corrected chi connectivity index (χ0v) is 12.1. The molecule has 2 fully saturated rings. The fourth-order valence-electron chi connectivity index (χ4n) is 3.01. The van der Waals surface area contributed by atoms with Crippen LogP contribution in [-0.2, 0) is 10.2 Å². The number of anilines is 1. The highest BCUT2D eigenvalue weighted by Crippen LogP contribution is 2.53. The second-order valence-corrected chi connectivity index (χ2v) is 6.16. The molecular weight excluding hydrogens is 266 g/mol. The summed E-state index contributed by atoms with van der Waals surface area (Å²) in [5.74, 6) is 1.95. The topological polar surface area (TPSA) is 74.2 Å². The number of hydrogen-bond donors (Lipinski definition) is 1. The maximum atomic E-state index is 5.76. The summed E-state index contributed by atoms with van der Waals surface area (Å²) in [7, 11) is 1.71. The third kappa shape index (κ3) is 2.12. The molecule has 2 aliphatic rings. The Labute approximate surface area is 123 Å². The molecule has 0 spiro atoms. The molecule has 1 atom stereocenters. The molecule has 0 bridgehead atoms. The van der Waals surface area contributed by atoms with Crippen molar-refractivity contribution in [1.82, 2.24) is 10.1 Å². The summed E-state index contributed by atoms with van der Waals surface area (Å²) in [6.07, 6.45) is 4.43. The minimum atomic E-state index is -0.110. The number of rotatable bonds is 5. The minimum Gasteiger partial charge on any atom is -0.399 e. The molecule has 2 aromatic rings. The van der Waals surface area contributed by atoms with E-state index in [0.29, 0.717) is 17.6 Å². The summed E-state index contributed by atoms with van der Waals surface area (Å²) in [6, 6.07) is 7.96. The Morgan fingerprint density at radius 3 is 2.57 bits per heavy atom. The van der Waals surface area contributed by atoms with E-state index < -0.39 is 0 Å². The molecule has 2 aliphatic carbocycles. The van der Waals surface area contributed by atoms with Crippen molar-refractivity contribution in [2.45, 2.75) is 37.2 Å². The van der Waals surface area contributed by atoms with E-state index in [1.807, 2.05) is 12.1 Å². The van der Waals surface area contributed by atoms with Gasteiger partial charge in [-0.1, -0.05) is 17.3 Å². The zero-order valence-electron chi connectivity index (χ0n) is 12.1. The van der Waals surface area contributed by atoms with Crippen LogP contribution in [0.3, 0.4) is 0 Å². The van der Waals surface area contributed by atoms with Crippen LogP contribution >= 0.6 is 0 Å². The Morgan fingerprint density at radius 1 is 1.29 bits per heavy atom. The first-order chi connectivity index (χ1) is 10.2. The lowest BCUT2D eigenvalue weighted by Gasteiger charge is -2.11. The van der Waals surface area contributed by atoms with Gasteiger partial charge in [0.15, 0.2) is 0 Å². The molecule has 0 aliphatic heterocycles. The van der Waals surface area contributed by atoms with Crippen molar-refractivity contribution in [1.29, 1.82) is 0 Å². The molecular formula is C16H19N3O2. The summed E-state index contributed by atoms with van der Waals surface area (Å²) < 4.78 is 11.1. The maximum absolute atomic E-state index is 5.76. The van der Waals surface area contributed by atoms with E-state index in [2.05, 4.69) is 22.3 Å². The number of nitrogens with two attached hydrogens (primary N) is 1. The van der Waals surface area contributed by atoms with Gasteiger partial charge in [0, 0.05) is 12.8 Å². The molecule has 0 saturated heterocycles. The Kier molecular flexibility index (Phi) is 2.79. The van der Waals surface area contributed by atoms with E-state index in [0.717, 1.165) is 18.5 Å². The van der Waals surface area contributed by atoms with Crippen LogP contribution in [0.1, 0.15) is 49.1 Å². The molecule has 110 valence electrons. The first-order valence-corrected chi connectivity index (χ1v) is 7.46. The summed E-state index contributed by atoms with van der Waals surface area (Å²) in [6.45, 7) is 0. The van der Waals surface area contributed by atoms with Gasteiger partial charge in [-0.05, 0) is 49.3 Å². The van der Waals surface area contributed by atoms with Gasteiger partial charge in [-0.2, -0.15) is 4.98 Å². The monoisotopic (exact) mass is 285 g/mol. The number of nitrogen functional groups attached to an aromatic ring is 1. The zero-order chi connectivity index (χ0) is 14.4. The third-order valence-corrected chi connectivity index (χ3v) is 4.62. The van der Waals surface area contributed by atoms with Gasteiger partial charge in [0.25, 0.3) is 0 Å². The van der Waals surface area contributed by atoms with Gasteiger partial charge in [0.2, 0.25) is 11.7 Å². The van der Waals surface area contributed by atoms with Gasteiger partial charge < -0.3 is 15.0 Å². The standard InChI is InChI=1S/C16H19N3O2/c1-20-13(10-2-3-10)14-18-15(21-19-14)16(8-9-16)11-4-6-12(17)7-5-11/h4-7,10,13H,2-3,8-9,17H2,1H3. The third-order valence-electron chi connectivity index (χ3n) is 4.62. The molecule has 2 saturated carbocycles. The molecule has 0 radical (unpaired) electrons. The van der Waals surface area contributed by atoms with Crippen molar-refractivity contribution in [3.8, 4) is 0 Å². The SMILES string of the molecule is COC(c1noc(C2(c3ccc(N)cc3)CC2)n1)C1CC1. The average molecular weight is 285 g/mol. The lowest BCUT2D eigenvalue weighted by atomic mass is 9.95.